The van der Waals surface area contributed by atoms with Crippen LogP contribution in [0.25, 0.3) is 0 Å². The molecule has 29 heavy (non-hydrogen) atoms. The Morgan fingerprint density at radius 1 is 0.897 bits per heavy atom. The maximum atomic E-state index is 12.7. The number of carbonyl (C=O) groups excluding carboxylic acids is 1. The molecule has 4 rings (SSSR count). The van der Waals surface area contributed by atoms with Crippen LogP contribution in [0.5, 0.6) is 5.75 Å². The van der Waals surface area contributed by atoms with Crippen molar-refractivity contribution in [1.29, 1.82) is 0 Å². The zero-order chi connectivity index (χ0) is 20.1. The number of anilines is 1. The molecule has 0 unspecified atom stereocenters. The molecule has 0 atom stereocenters. The van der Waals surface area contributed by atoms with Crippen molar-refractivity contribution in [1.82, 2.24) is 9.80 Å². The summed E-state index contributed by atoms with van der Waals surface area (Å²) in [5.41, 5.74) is 2.35. The van der Waals surface area contributed by atoms with Crippen molar-refractivity contribution in [2.45, 2.75) is 19.4 Å². The van der Waals surface area contributed by atoms with Crippen molar-refractivity contribution in [3.8, 4) is 5.75 Å². The summed E-state index contributed by atoms with van der Waals surface area (Å²) in [4.78, 5) is 19.3. The number of halogens is 1. The summed E-state index contributed by atoms with van der Waals surface area (Å²) < 4.78 is 5.94. The predicted molar refractivity (Wildman–Crippen MR) is 117 cm³/mol. The molecular formula is C23H28ClN3O2. The van der Waals surface area contributed by atoms with Gasteiger partial charge in [0.2, 0.25) is 0 Å². The Balaban J connectivity index is 1.26. The van der Waals surface area contributed by atoms with Crippen molar-refractivity contribution in [3.63, 3.8) is 0 Å². The van der Waals surface area contributed by atoms with Crippen LogP contribution in [0.15, 0.2) is 48.5 Å². The van der Waals surface area contributed by atoms with Gasteiger partial charge in [0.15, 0.2) is 6.61 Å². The van der Waals surface area contributed by atoms with E-state index in [1.54, 1.807) is 0 Å². The van der Waals surface area contributed by atoms with Crippen LogP contribution in [0.3, 0.4) is 0 Å². The Labute approximate surface area is 177 Å². The number of ether oxygens (including phenoxy) is 1. The predicted octanol–water partition coefficient (Wildman–Crippen LogP) is 3.66. The van der Waals surface area contributed by atoms with Crippen LogP contribution < -0.4 is 9.64 Å². The van der Waals surface area contributed by atoms with Gasteiger partial charge in [-0.25, -0.2) is 0 Å². The van der Waals surface area contributed by atoms with E-state index in [-0.39, 0.29) is 12.5 Å². The molecule has 0 aliphatic carbocycles. The van der Waals surface area contributed by atoms with Crippen LogP contribution in [-0.2, 0) is 11.3 Å². The largest absolute Gasteiger partial charge is 0.482 e. The molecule has 154 valence electrons. The SMILES string of the molecule is O=C(COc1ccccc1N1CCCC1)N1CCN(Cc2ccc(Cl)cc2)CC1. The van der Waals surface area contributed by atoms with Crippen LogP contribution in [0.4, 0.5) is 5.69 Å². The number of nitrogens with zero attached hydrogens (tertiary/aromatic N) is 3. The third kappa shape index (κ3) is 5.22. The first-order valence-corrected chi connectivity index (χ1v) is 10.8. The van der Waals surface area contributed by atoms with Crippen molar-refractivity contribution >= 4 is 23.2 Å². The fraction of sp³-hybridized carbons (Fsp3) is 0.435. The summed E-state index contributed by atoms with van der Waals surface area (Å²) in [6.45, 7) is 6.33. The van der Waals surface area contributed by atoms with Gasteiger partial charge in [0.05, 0.1) is 5.69 Å². The molecule has 6 heteroatoms. The molecule has 2 heterocycles. The van der Waals surface area contributed by atoms with E-state index in [4.69, 9.17) is 16.3 Å². The molecule has 2 aromatic carbocycles. The van der Waals surface area contributed by atoms with E-state index in [1.165, 1.54) is 18.4 Å². The van der Waals surface area contributed by atoms with Crippen molar-refractivity contribution in [2.24, 2.45) is 0 Å². The summed E-state index contributed by atoms with van der Waals surface area (Å²) >= 11 is 5.96. The second-order valence-corrected chi connectivity index (χ2v) is 8.17. The number of hydrogen-bond acceptors (Lipinski definition) is 4. The number of benzene rings is 2. The molecule has 0 saturated carbocycles. The van der Waals surface area contributed by atoms with Gasteiger partial charge >= 0.3 is 0 Å². The molecule has 2 aliphatic heterocycles. The molecule has 0 aromatic heterocycles. The number of carbonyl (C=O) groups is 1. The Kier molecular flexibility index (Phi) is 6.57. The molecular weight excluding hydrogens is 386 g/mol. The molecule has 0 spiro atoms. The number of hydrogen-bond donors (Lipinski definition) is 0. The summed E-state index contributed by atoms with van der Waals surface area (Å²) in [6, 6.07) is 16.0. The van der Waals surface area contributed by atoms with Crippen LogP contribution >= 0.6 is 11.6 Å². The molecule has 5 nitrogen and oxygen atoms in total. The average molecular weight is 414 g/mol. The minimum absolute atomic E-state index is 0.0624. The van der Waals surface area contributed by atoms with Gasteiger partial charge in [0, 0.05) is 50.8 Å². The normalized spacial score (nSPS) is 17.6. The van der Waals surface area contributed by atoms with Gasteiger partial charge in [-0.2, -0.15) is 0 Å². The highest BCUT2D eigenvalue weighted by Gasteiger charge is 2.22. The zero-order valence-corrected chi connectivity index (χ0v) is 17.5. The summed E-state index contributed by atoms with van der Waals surface area (Å²) in [6.07, 6.45) is 2.43. The maximum Gasteiger partial charge on any atom is 0.260 e. The molecule has 2 aromatic rings. The monoisotopic (exact) mass is 413 g/mol. The lowest BCUT2D eigenvalue weighted by atomic mass is 10.2. The van der Waals surface area contributed by atoms with E-state index >= 15 is 0 Å². The van der Waals surface area contributed by atoms with Crippen molar-refractivity contribution in [2.75, 3.05) is 50.8 Å². The fourth-order valence-corrected chi connectivity index (χ4v) is 4.16. The molecule has 0 bridgehead atoms. The van der Waals surface area contributed by atoms with E-state index in [1.807, 2.05) is 35.2 Å². The van der Waals surface area contributed by atoms with Crippen molar-refractivity contribution in [3.05, 3.63) is 59.1 Å². The quantitative estimate of drug-likeness (QED) is 0.724. The van der Waals surface area contributed by atoms with Gasteiger partial charge < -0.3 is 14.5 Å². The minimum atomic E-state index is 0.0624. The third-order valence-corrected chi connectivity index (χ3v) is 5.96. The lowest BCUT2D eigenvalue weighted by Gasteiger charge is -2.34. The summed E-state index contributed by atoms with van der Waals surface area (Å²) in [5.74, 6) is 0.872. The van der Waals surface area contributed by atoms with E-state index in [9.17, 15) is 4.79 Å². The van der Waals surface area contributed by atoms with Gasteiger partial charge in [-0.3, -0.25) is 9.69 Å². The summed E-state index contributed by atoms with van der Waals surface area (Å²) in [7, 11) is 0. The van der Waals surface area contributed by atoms with Crippen LogP contribution in [-0.4, -0.2) is 61.6 Å². The van der Waals surface area contributed by atoms with E-state index < -0.39 is 0 Å². The molecule has 2 fully saturated rings. The van der Waals surface area contributed by atoms with Gasteiger partial charge in [-0.15, -0.1) is 0 Å². The first kappa shape index (κ1) is 20.0. The second-order valence-electron chi connectivity index (χ2n) is 7.73. The Bertz CT molecular complexity index is 813. The highest BCUT2D eigenvalue weighted by molar-refractivity contribution is 6.30. The second kappa shape index (κ2) is 9.51. The minimum Gasteiger partial charge on any atom is -0.482 e. The number of rotatable bonds is 6. The van der Waals surface area contributed by atoms with Crippen LogP contribution in [0, 0.1) is 0 Å². The molecule has 2 aliphatic rings. The number of amides is 1. The molecule has 1 amide bonds. The Hall–Kier alpha value is -2.24. The Morgan fingerprint density at radius 2 is 1.59 bits per heavy atom. The number of para-hydroxylation sites is 2. The van der Waals surface area contributed by atoms with E-state index in [2.05, 4.69) is 28.0 Å². The van der Waals surface area contributed by atoms with E-state index in [0.29, 0.717) is 0 Å². The molecule has 2 saturated heterocycles. The number of piperazine rings is 1. The highest BCUT2D eigenvalue weighted by atomic mass is 35.5. The lowest BCUT2D eigenvalue weighted by Crippen LogP contribution is -2.49. The fourth-order valence-electron chi connectivity index (χ4n) is 4.03. The molecule has 0 N–H and O–H groups in total. The third-order valence-electron chi connectivity index (χ3n) is 5.71. The smallest absolute Gasteiger partial charge is 0.260 e. The topological polar surface area (TPSA) is 36.0 Å². The first-order valence-electron chi connectivity index (χ1n) is 10.4. The van der Waals surface area contributed by atoms with Gasteiger partial charge in [0.25, 0.3) is 5.91 Å². The van der Waals surface area contributed by atoms with Gasteiger partial charge in [-0.05, 0) is 42.7 Å². The standard InChI is InChI=1S/C23H28ClN3O2/c24-20-9-7-19(8-10-20)17-25-13-15-27(16-14-25)23(28)18-29-22-6-2-1-5-21(22)26-11-3-4-12-26/h1-2,5-10H,3-4,11-18H2. The lowest BCUT2D eigenvalue weighted by molar-refractivity contribution is -0.135. The Morgan fingerprint density at radius 3 is 2.31 bits per heavy atom. The average Bonchev–Trinajstić information content (AvgIpc) is 3.29. The highest BCUT2D eigenvalue weighted by Crippen LogP contribution is 2.30. The van der Waals surface area contributed by atoms with Crippen LogP contribution in [0.1, 0.15) is 18.4 Å². The zero-order valence-electron chi connectivity index (χ0n) is 16.7. The maximum absolute atomic E-state index is 12.7. The van der Waals surface area contributed by atoms with Gasteiger partial charge in [-0.1, -0.05) is 35.9 Å². The molecule has 0 radical (unpaired) electrons. The van der Waals surface area contributed by atoms with Gasteiger partial charge in [0.1, 0.15) is 5.75 Å². The summed E-state index contributed by atoms with van der Waals surface area (Å²) in [5, 5.41) is 0.760. The van der Waals surface area contributed by atoms with E-state index in [0.717, 1.165) is 62.3 Å². The van der Waals surface area contributed by atoms with Crippen LogP contribution in [0.2, 0.25) is 5.02 Å². The van der Waals surface area contributed by atoms with Crippen molar-refractivity contribution < 1.29 is 9.53 Å². The first-order chi connectivity index (χ1) is 14.2.